The molecule has 0 spiro atoms. The second-order valence-corrected chi connectivity index (χ2v) is 6.93. The molecule has 0 unspecified atom stereocenters. The van der Waals surface area contributed by atoms with Gasteiger partial charge in [0.25, 0.3) is 0 Å². The summed E-state index contributed by atoms with van der Waals surface area (Å²) >= 11 is 2.69. The number of rotatable bonds is 6. The Labute approximate surface area is 146 Å². The molecule has 0 saturated carbocycles. The average molecular weight is 365 g/mol. The van der Waals surface area contributed by atoms with Gasteiger partial charge in [-0.3, -0.25) is 0 Å². The number of ether oxygens (including phenoxy) is 1. The number of carbonyl (C=O) groups excluding carboxylic acids is 1. The van der Waals surface area contributed by atoms with Gasteiger partial charge >= 0.3 is 5.97 Å². The summed E-state index contributed by atoms with van der Waals surface area (Å²) in [6.07, 6.45) is 1.65. The molecule has 3 rings (SSSR count). The molecular weight excluding hydrogens is 349 g/mol. The van der Waals surface area contributed by atoms with Crippen molar-refractivity contribution >= 4 is 39.2 Å². The molecule has 8 heteroatoms. The van der Waals surface area contributed by atoms with Crippen molar-refractivity contribution < 1.29 is 13.9 Å². The van der Waals surface area contributed by atoms with Crippen LogP contribution in [0.25, 0.3) is 10.1 Å². The van der Waals surface area contributed by atoms with Crippen LogP contribution in [0.4, 0.5) is 4.39 Å². The van der Waals surface area contributed by atoms with Gasteiger partial charge in [0, 0.05) is 22.4 Å². The molecule has 2 aromatic heterocycles. The van der Waals surface area contributed by atoms with Crippen LogP contribution in [0, 0.1) is 5.82 Å². The molecule has 0 aliphatic rings. The van der Waals surface area contributed by atoms with Gasteiger partial charge in [0.15, 0.2) is 5.16 Å². The number of halogens is 1. The Kier molecular flexibility index (Phi) is 5.15. The van der Waals surface area contributed by atoms with Crippen LogP contribution in [0.15, 0.2) is 29.7 Å². The summed E-state index contributed by atoms with van der Waals surface area (Å²) in [6.45, 7) is 4.78. The monoisotopic (exact) mass is 365 g/mol. The number of carbonyl (C=O) groups is 1. The fraction of sp³-hybridized carbons (Fsp3) is 0.312. The Balaban J connectivity index is 2.00. The first-order valence-electron chi connectivity index (χ1n) is 7.53. The fourth-order valence-corrected chi connectivity index (χ4v) is 4.61. The minimum absolute atomic E-state index is 0.284. The molecule has 126 valence electrons. The van der Waals surface area contributed by atoms with Crippen LogP contribution in [0.2, 0.25) is 0 Å². The van der Waals surface area contributed by atoms with Crippen molar-refractivity contribution in [2.24, 2.45) is 0 Å². The quantitative estimate of drug-likeness (QED) is 0.486. The first kappa shape index (κ1) is 16.9. The van der Waals surface area contributed by atoms with E-state index in [1.54, 1.807) is 19.3 Å². The Bertz CT molecular complexity index is 875. The highest BCUT2D eigenvalue weighted by molar-refractivity contribution is 7.98. The molecule has 0 N–H and O–H groups in total. The number of thioether (sulfide) groups is 1. The fourth-order valence-electron chi connectivity index (χ4n) is 2.38. The lowest BCUT2D eigenvalue weighted by atomic mass is 10.1. The van der Waals surface area contributed by atoms with E-state index >= 15 is 0 Å². The van der Waals surface area contributed by atoms with Crippen molar-refractivity contribution in [1.82, 2.24) is 14.8 Å². The second-order valence-electron chi connectivity index (χ2n) is 4.93. The predicted octanol–water partition coefficient (Wildman–Crippen LogP) is 4.12. The van der Waals surface area contributed by atoms with Crippen LogP contribution in [0.3, 0.4) is 0 Å². The average Bonchev–Trinajstić information content (AvgIpc) is 3.17. The van der Waals surface area contributed by atoms with Gasteiger partial charge in [-0.15, -0.1) is 21.5 Å². The van der Waals surface area contributed by atoms with Crippen molar-refractivity contribution in [3.8, 4) is 0 Å². The normalized spacial score (nSPS) is 11.1. The molecule has 0 saturated heterocycles. The van der Waals surface area contributed by atoms with E-state index in [-0.39, 0.29) is 12.4 Å². The van der Waals surface area contributed by atoms with E-state index in [2.05, 4.69) is 10.2 Å². The number of aryl methyl sites for hydroxylation is 1. The minimum Gasteiger partial charge on any atom is -0.462 e. The highest BCUT2D eigenvalue weighted by Gasteiger charge is 2.22. The third kappa shape index (κ3) is 3.16. The molecule has 0 aliphatic heterocycles. The third-order valence-electron chi connectivity index (χ3n) is 3.49. The largest absolute Gasteiger partial charge is 0.462 e. The summed E-state index contributed by atoms with van der Waals surface area (Å²) in [5.74, 6) is -0.314. The standard InChI is InChI=1S/C16H16FN3O2S2/c1-3-20-9-18-19-16(20)23-8-10-13-11(17)6-5-7-12(13)24-14(10)15(21)22-4-2/h5-7,9H,3-4,8H2,1-2H3. The zero-order valence-corrected chi connectivity index (χ0v) is 14.9. The molecule has 1 aromatic carbocycles. The van der Waals surface area contributed by atoms with Crippen molar-refractivity contribution in [3.63, 3.8) is 0 Å². The molecule has 0 aliphatic carbocycles. The predicted molar refractivity (Wildman–Crippen MR) is 93.0 cm³/mol. The van der Waals surface area contributed by atoms with Crippen LogP contribution in [0.1, 0.15) is 29.1 Å². The van der Waals surface area contributed by atoms with E-state index < -0.39 is 5.97 Å². The number of esters is 1. The second kappa shape index (κ2) is 7.31. The number of nitrogens with zero attached hydrogens (tertiary/aromatic N) is 3. The van der Waals surface area contributed by atoms with Crippen molar-refractivity contribution in [1.29, 1.82) is 0 Å². The first-order chi connectivity index (χ1) is 11.7. The summed E-state index contributed by atoms with van der Waals surface area (Å²) < 4.78 is 22.1. The summed E-state index contributed by atoms with van der Waals surface area (Å²) in [5.41, 5.74) is 0.655. The highest BCUT2D eigenvalue weighted by atomic mass is 32.2. The zero-order chi connectivity index (χ0) is 17.1. The SMILES string of the molecule is CCOC(=O)c1sc2cccc(F)c2c1CSc1nncn1CC. The van der Waals surface area contributed by atoms with Crippen LogP contribution in [-0.4, -0.2) is 27.3 Å². The summed E-state index contributed by atoms with van der Waals surface area (Å²) in [4.78, 5) is 12.7. The van der Waals surface area contributed by atoms with Gasteiger partial charge in [0.2, 0.25) is 0 Å². The topological polar surface area (TPSA) is 57.0 Å². The van der Waals surface area contributed by atoms with Gasteiger partial charge in [0.05, 0.1) is 6.61 Å². The molecule has 2 heterocycles. The molecule has 0 fully saturated rings. The summed E-state index contributed by atoms with van der Waals surface area (Å²) in [7, 11) is 0. The number of aromatic nitrogens is 3. The molecule has 24 heavy (non-hydrogen) atoms. The van der Waals surface area contributed by atoms with Crippen LogP contribution >= 0.6 is 23.1 Å². The lowest BCUT2D eigenvalue weighted by molar-refractivity contribution is 0.0531. The van der Waals surface area contributed by atoms with E-state index in [0.29, 0.717) is 21.6 Å². The van der Waals surface area contributed by atoms with Gasteiger partial charge < -0.3 is 9.30 Å². The lowest BCUT2D eigenvalue weighted by Crippen LogP contribution is -2.05. The van der Waals surface area contributed by atoms with Crippen molar-refractivity contribution in [3.05, 3.63) is 40.8 Å². The molecule has 5 nitrogen and oxygen atoms in total. The molecule has 0 atom stereocenters. The van der Waals surface area contributed by atoms with Crippen molar-refractivity contribution in [2.45, 2.75) is 31.3 Å². The number of thiophene rings is 1. The van der Waals surface area contributed by atoms with Gasteiger partial charge in [-0.05, 0) is 31.5 Å². The van der Waals surface area contributed by atoms with Crippen LogP contribution in [0.5, 0.6) is 0 Å². The Morgan fingerprint density at radius 1 is 1.42 bits per heavy atom. The highest BCUT2D eigenvalue weighted by Crippen LogP contribution is 2.37. The summed E-state index contributed by atoms with van der Waals surface area (Å²) in [6, 6.07) is 4.87. The molecule has 0 amide bonds. The Morgan fingerprint density at radius 2 is 2.25 bits per heavy atom. The lowest BCUT2D eigenvalue weighted by Gasteiger charge is -2.06. The Morgan fingerprint density at radius 3 is 3.00 bits per heavy atom. The van der Waals surface area contributed by atoms with Gasteiger partial charge in [-0.25, -0.2) is 9.18 Å². The molecule has 0 radical (unpaired) electrons. The van der Waals surface area contributed by atoms with E-state index in [0.717, 1.165) is 16.4 Å². The number of benzene rings is 1. The van der Waals surface area contributed by atoms with E-state index in [1.165, 1.54) is 29.2 Å². The molecule has 0 bridgehead atoms. The van der Waals surface area contributed by atoms with Gasteiger partial charge in [-0.1, -0.05) is 17.8 Å². The minimum atomic E-state index is -0.411. The number of hydrogen-bond donors (Lipinski definition) is 0. The third-order valence-corrected chi connectivity index (χ3v) is 5.68. The van der Waals surface area contributed by atoms with Gasteiger partial charge in [-0.2, -0.15) is 0 Å². The number of fused-ring (bicyclic) bond motifs is 1. The number of hydrogen-bond acceptors (Lipinski definition) is 6. The first-order valence-corrected chi connectivity index (χ1v) is 9.33. The maximum atomic E-state index is 14.3. The van der Waals surface area contributed by atoms with E-state index in [4.69, 9.17) is 4.74 Å². The summed E-state index contributed by atoms with van der Waals surface area (Å²) in [5, 5.41) is 9.18. The van der Waals surface area contributed by atoms with E-state index in [1.807, 2.05) is 17.6 Å². The van der Waals surface area contributed by atoms with E-state index in [9.17, 15) is 9.18 Å². The maximum Gasteiger partial charge on any atom is 0.348 e. The van der Waals surface area contributed by atoms with Crippen LogP contribution < -0.4 is 0 Å². The smallest absolute Gasteiger partial charge is 0.348 e. The maximum absolute atomic E-state index is 14.3. The zero-order valence-electron chi connectivity index (χ0n) is 13.3. The molecule has 3 aromatic rings. The van der Waals surface area contributed by atoms with Crippen molar-refractivity contribution in [2.75, 3.05) is 6.61 Å². The van der Waals surface area contributed by atoms with Crippen LogP contribution in [-0.2, 0) is 17.0 Å². The Hall–Kier alpha value is -1.93. The molecular formula is C16H16FN3O2S2. The van der Waals surface area contributed by atoms with Gasteiger partial charge in [0.1, 0.15) is 17.0 Å².